The normalized spacial score (nSPS) is 13.7. The number of likely N-dealkylation sites (N-methyl/N-ethyl adjacent to an activating group) is 2. The van der Waals surface area contributed by atoms with E-state index in [4.69, 9.17) is 9.47 Å². The number of alkyl halides is 3. The molecule has 1 aliphatic heterocycles. The summed E-state index contributed by atoms with van der Waals surface area (Å²) in [7, 11) is 7.31. The minimum absolute atomic E-state index is 0.0153. The van der Waals surface area contributed by atoms with Crippen LogP contribution in [0.4, 0.5) is 47.7 Å². The fraction of sp³-hybridized carbons (Fsp3) is 0.424. The Bertz CT molecular complexity index is 1690. The Hall–Kier alpha value is -4.92. The molecule has 0 bridgehead atoms. The van der Waals surface area contributed by atoms with Gasteiger partial charge in [-0.2, -0.15) is 18.2 Å². The lowest BCUT2D eigenvalue weighted by atomic mass is 9.91. The number of fused-ring (bicyclic) bond motifs is 1. The maximum Gasteiger partial charge on any atom is 0.433 e. The number of hydrogen-bond acceptors (Lipinski definition) is 11. The summed E-state index contributed by atoms with van der Waals surface area (Å²) in [6, 6.07) is 5.66. The van der Waals surface area contributed by atoms with Crippen LogP contribution in [0.25, 0.3) is 0 Å². The van der Waals surface area contributed by atoms with E-state index in [0.29, 0.717) is 35.0 Å². The number of methoxy groups -OCH3 is 1. The second kappa shape index (κ2) is 14.1. The van der Waals surface area contributed by atoms with Gasteiger partial charge in [0.2, 0.25) is 11.9 Å². The zero-order chi connectivity index (χ0) is 35.6. The van der Waals surface area contributed by atoms with Crippen LogP contribution in [0, 0.1) is 0 Å². The van der Waals surface area contributed by atoms with Gasteiger partial charge in [-0.3, -0.25) is 4.79 Å². The summed E-state index contributed by atoms with van der Waals surface area (Å²) >= 11 is 0. The van der Waals surface area contributed by atoms with E-state index >= 15 is 0 Å². The highest BCUT2D eigenvalue weighted by atomic mass is 19.4. The lowest BCUT2D eigenvalue weighted by Crippen LogP contribution is -2.29. The number of aromatic nitrogens is 3. The van der Waals surface area contributed by atoms with Gasteiger partial charge in [0.15, 0.2) is 5.82 Å². The molecule has 0 aliphatic carbocycles. The van der Waals surface area contributed by atoms with E-state index in [1.54, 1.807) is 44.7 Å². The number of ether oxygens (including phenoxy) is 2. The molecule has 15 heteroatoms. The molecular formula is C33H41F3N8O4. The number of nitrogens with zero attached hydrogens (tertiary/aromatic N) is 6. The molecule has 0 saturated heterocycles. The summed E-state index contributed by atoms with van der Waals surface area (Å²) in [6.45, 7) is 12.0. The van der Waals surface area contributed by atoms with Crippen LogP contribution in [-0.4, -0.2) is 85.7 Å². The number of carbonyl (C=O) groups is 2. The molecule has 12 nitrogen and oxygen atoms in total. The van der Waals surface area contributed by atoms with Gasteiger partial charge in [0, 0.05) is 44.4 Å². The van der Waals surface area contributed by atoms with Crippen LogP contribution >= 0.6 is 0 Å². The molecule has 0 saturated carbocycles. The summed E-state index contributed by atoms with van der Waals surface area (Å²) < 4.78 is 51.9. The van der Waals surface area contributed by atoms with Gasteiger partial charge in [-0.25, -0.2) is 14.8 Å². The number of rotatable bonds is 12. The molecule has 0 fully saturated rings. The number of esters is 1. The number of hydrogen-bond donors (Lipinski definition) is 2. The molecule has 1 amide bonds. The lowest BCUT2D eigenvalue weighted by molar-refractivity contribution is -0.141. The van der Waals surface area contributed by atoms with E-state index in [2.05, 4.69) is 32.2 Å². The van der Waals surface area contributed by atoms with Gasteiger partial charge >= 0.3 is 12.1 Å². The van der Waals surface area contributed by atoms with Crippen molar-refractivity contribution in [3.8, 4) is 5.75 Å². The Kier molecular flexibility index (Phi) is 10.5. The molecule has 0 spiro atoms. The topological polar surface area (TPSA) is 125 Å². The van der Waals surface area contributed by atoms with Crippen LogP contribution in [0.3, 0.4) is 0 Å². The first-order valence-electron chi connectivity index (χ1n) is 15.2. The fourth-order valence-electron chi connectivity index (χ4n) is 5.16. The molecule has 2 aromatic heterocycles. The maximum atomic E-state index is 13.6. The summed E-state index contributed by atoms with van der Waals surface area (Å²) in [5.74, 6) is -0.549. The zero-order valence-corrected chi connectivity index (χ0v) is 28.3. The number of benzene rings is 1. The first kappa shape index (κ1) is 35.9. The van der Waals surface area contributed by atoms with Gasteiger partial charge < -0.3 is 34.8 Å². The number of anilines is 6. The van der Waals surface area contributed by atoms with E-state index in [9.17, 15) is 22.8 Å². The van der Waals surface area contributed by atoms with Crippen molar-refractivity contribution < 1.29 is 32.2 Å². The Morgan fingerprint density at radius 2 is 1.83 bits per heavy atom. The lowest BCUT2D eigenvalue weighted by Gasteiger charge is -2.26. The van der Waals surface area contributed by atoms with Crippen molar-refractivity contribution in [1.29, 1.82) is 0 Å². The minimum atomic E-state index is -4.63. The third kappa shape index (κ3) is 7.95. The van der Waals surface area contributed by atoms with Gasteiger partial charge in [0.25, 0.3) is 0 Å². The first-order valence-corrected chi connectivity index (χ1v) is 15.2. The van der Waals surface area contributed by atoms with E-state index in [-0.39, 0.29) is 29.6 Å². The van der Waals surface area contributed by atoms with Crippen molar-refractivity contribution in [2.75, 3.05) is 68.3 Å². The van der Waals surface area contributed by atoms with Crippen LogP contribution in [0.1, 0.15) is 49.4 Å². The van der Waals surface area contributed by atoms with Gasteiger partial charge in [0.05, 0.1) is 41.7 Å². The molecule has 3 heterocycles. The quantitative estimate of drug-likeness (QED) is 0.181. The predicted octanol–water partition coefficient (Wildman–Crippen LogP) is 5.76. The second-order valence-corrected chi connectivity index (χ2v) is 12.5. The molecule has 1 aromatic carbocycles. The molecule has 0 unspecified atom stereocenters. The van der Waals surface area contributed by atoms with Gasteiger partial charge in [-0.1, -0.05) is 20.4 Å². The highest BCUT2D eigenvalue weighted by Gasteiger charge is 2.42. The SMILES string of the molecule is C=CC(=O)Nc1cc(Nc2ncc(C(=O)OC(C)C)c(N3CC(C)(C)c4nc(C(F)(F)F)ccc43)n2)c(OC)cc1N(C)CCN(C)C. The molecule has 258 valence electrons. The summed E-state index contributed by atoms with van der Waals surface area (Å²) in [5.41, 5.74) is 0.297. The van der Waals surface area contributed by atoms with Crippen molar-refractivity contribution in [2.45, 2.75) is 45.4 Å². The van der Waals surface area contributed by atoms with Crippen molar-refractivity contribution in [3.05, 3.63) is 60.1 Å². The smallest absolute Gasteiger partial charge is 0.433 e. The van der Waals surface area contributed by atoms with E-state index in [0.717, 1.165) is 18.7 Å². The molecule has 48 heavy (non-hydrogen) atoms. The molecule has 3 aromatic rings. The van der Waals surface area contributed by atoms with Crippen molar-refractivity contribution in [1.82, 2.24) is 19.9 Å². The number of carbonyl (C=O) groups excluding carboxylic acids is 2. The summed E-state index contributed by atoms with van der Waals surface area (Å²) in [6.07, 6.45) is -2.62. The molecule has 0 radical (unpaired) electrons. The Labute approximate surface area is 278 Å². The van der Waals surface area contributed by atoms with Crippen LogP contribution < -0.4 is 25.2 Å². The third-order valence-corrected chi connectivity index (χ3v) is 7.54. The molecule has 4 rings (SSSR count). The molecule has 1 aliphatic rings. The van der Waals surface area contributed by atoms with Gasteiger partial charge in [-0.05, 0) is 52.2 Å². The summed E-state index contributed by atoms with van der Waals surface area (Å²) in [4.78, 5) is 44.3. The van der Waals surface area contributed by atoms with Gasteiger partial charge in [0.1, 0.15) is 17.0 Å². The van der Waals surface area contributed by atoms with Crippen molar-refractivity contribution in [2.24, 2.45) is 0 Å². The average Bonchev–Trinajstić information content (AvgIpc) is 3.28. The standard InChI is InChI=1S/C33H41F3N8O4/c1-10-27(45)38-21-15-22(25(47-9)16-24(21)43(8)14-13-42(6)7)39-31-37-17-20(30(46)48-19(2)3)29(41-31)44-18-32(4,5)28-23(44)11-12-26(40-28)33(34,35)36/h10-12,15-17,19H,1,13-14,18H2,2-9H3,(H,38,45)(H,37,39,41). The van der Waals surface area contributed by atoms with Gasteiger partial charge in [-0.15, -0.1) is 0 Å². The third-order valence-electron chi connectivity index (χ3n) is 7.54. The fourth-order valence-corrected chi connectivity index (χ4v) is 5.16. The Morgan fingerprint density at radius 1 is 1.12 bits per heavy atom. The van der Waals surface area contributed by atoms with Crippen LogP contribution in [-0.2, 0) is 21.1 Å². The number of pyridine rings is 1. The maximum absolute atomic E-state index is 13.6. The molecule has 0 atom stereocenters. The van der Waals surface area contributed by atoms with E-state index < -0.39 is 35.3 Å². The minimum Gasteiger partial charge on any atom is -0.494 e. The van der Waals surface area contributed by atoms with E-state index in [1.807, 2.05) is 30.9 Å². The second-order valence-electron chi connectivity index (χ2n) is 12.5. The van der Waals surface area contributed by atoms with E-state index in [1.165, 1.54) is 19.4 Å². The number of nitrogens with one attached hydrogen (secondary N) is 2. The summed E-state index contributed by atoms with van der Waals surface area (Å²) in [5, 5.41) is 5.96. The first-order chi connectivity index (χ1) is 22.4. The highest BCUT2D eigenvalue weighted by molar-refractivity contribution is 6.02. The van der Waals surface area contributed by atoms with Crippen LogP contribution in [0.5, 0.6) is 5.75 Å². The Morgan fingerprint density at radius 3 is 2.44 bits per heavy atom. The van der Waals surface area contributed by atoms with Crippen molar-refractivity contribution in [3.63, 3.8) is 0 Å². The largest absolute Gasteiger partial charge is 0.494 e. The number of halogens is 3. The highest BCUT2D eigenvalue weighted by Crippen LogP contribution is 2.45. The Balaban J connectivity index is 1.82. The number of amides is 1. The molecule has 2 N–H and O–H groups in total. The average molecular weight is 671 g/mol. The van der Waals surface area contributed by atoms with Crippen molar-refractivity contribution >= 4 is 46.4 Å². The van der Waals surface area contributed by atoms with Crippen LogP contribution in [0.15, 0.2) is 43.1 Å². The molecular weight excluding hydrogens is 629 g/mol. The van der Waals surface area contributed by atoms with Crippen LogP contribution in [0.2, 0.25) is 0 Å². The zero-order valence-electron chi connectivity index (χ0n) is 28.3. The monoisotopic (exact) mass is 670 g/mol. The predicted molar refractivity (Wildman–Crippen MR) is 179 cm³/mol.